The molecule has 1 heterocycles. The number of nitrogens with zero attached hydrogens (tertiary/aromatic N) is 1. The van der Waals surface area contributed by atoms with E-state index in [-0.39, 0.29) is 17.5 Å². The van der Waals surface area contributed by atoms with Crippen LogP contribution in [0.2, 0.25) is 0 Å². The molecular weight excluding hydrogens is 346 g/mol. The topological polar surface area (TPSA) is 71.4 Å². The predicted molar refractivity (Wildman–Crippen MR) is 102 cm³/mol. The summed E-state index contributed by atoms with van der Waals surface area (Å²) in [5, 5.41) is 21.3. The van der Waals surface area contributed by atoms with Gasteiger partial charge >= 0.3 is 0 Å². The van der Waals surface area contributed by atoms with E-state index < -0.39 is 0 Å². The van der Waals surface area contributed by atoms with Gasteiger partial charge in [0.05, 0.1) is 21.3 Å². The van der Waals surface area contributed by atoms with Crippen molar-refractivity contribution in [3.05, 3.63) is 28.8 Å². The van der Waals surface area contributed by atoms with E-state index in [1.54, 1.807) is 7.11 Å². The number of benzene rings is 2. The van der Waals surface area contributed by atoms with Gasteiger partial charge in [-0.3, -0.25) is 4.90 Å². The molecular formula is C21H25NO5. The molecule has 0 spiro atoms. The van der Waals surface area contributed by atoms with Crippen molar-refractivity contribution in [2.24, 2.45) is 0 Å². The Labute approximate surface area is 158 Å². The van der Waals surface area contributed by atoms with Gasteiger partial charge in [0.2, 0.25) is 5.75 Å². The fourth-order valence-electron chi connectivity index (χ4n) is 4.59. The minimum Gasteiger partial charge on any atom is -0.504 e. The minimum atomic E-state index is -0.0412. The first kappa shape index (κ1) is 17.8. The van der Waals surface area contributed by atoms with Crippen LogP contribution in [0.1, 0.15) is 29.2 Å². The van der Waals surface area contributed by atoms with Crippen molar-refractivity contribution in [3.63, 3.8) is 0 Å². The van der Waals surface area contributed by atoms with Crippen molar-refractivity contribution >= 4 is 0 Å². The second-order valence-corrected chi connectivity index (χ2v) is 7.16. The largest absolute Gasteiger partial charge is 0.504 e. The van der Waals surface area contributed by atoms with Crippen molar-refractivity contribution in [1.29, 1.82) is 0 Å². The number of hydrogen-bond donors (Lipinski definition) is 2. The normalized spacial score (nSPS) is 18.3. The number of likely N-dealkylation sites (N-methyl/N-ethyl adjacent to an activating group) is 1. The molecule has 0 saturated carbocycles. The van der Waals surface area contributed by atoms with E-state index in [0.29, 0.717) is 17.2 Å². The lowest BCUT2D eigenvalue weighted by Crippen LogP contribution is -2.32. The highest BCUT2D eigenvalue weighted by atomic mass is 16.5. The Hall–Kier alpha value is -2.60. The summed E-state index contributed by atoms with van der Waals surface area (Å²) in [7, 11) is 6.74. The molecule has 2 N–H and O–H groups in total. The van der Waals surface area contributed by atoms with E-state index in [1.807, 2.05) is 12.1 Å². The summed E-state index contributed by atoms with van der Waals surface area (Å²) >= 11 is 0. The molecule has 1 aliphatic heterocycles. The van der Waals surface area contributed by atoms with E-state index >= 15 is 0 Å². The number of fused-ring (bicyclic) bond motifs is 2. The van der Waals surface area contributed by atoms with Crippen LogP contribution in [0, 0.1) is 0 Å². The van der Waals surface area contributed by atoms with Crippen LogP contribution in [-0.2, 0) is 12.8 Å². The first-order valence-corrected chi connectivity index (χ1v) is 9.11. The maximum atomic E-state index is 10.7. The molecule has 2 aliphatic rings. The number of phenols is 2. The van der Waals surface area contributed by atoms with Crippen LogP contribution >= 0.6 is 0 Å². The van der Waals surface area contributed by atoms with Gasteiger partial charge in [0.25, 0.3) is 0 Å². The molecule has 6 nitrogen and oxygen atoms in total. The average molecular weight is 371 g/mol. The quantitative estimate of drug-likeness (QED) is 0.863. The number of aromatic hydroxyl groups is 2. The Morgan fingerprint density at radius 3 is 2.33 bits per heavy atom. The summed E-state index contributed by atoms with van der Waals surface area (Å²) in [5.74, 6) is 1.22. The number of hydrogen-bond acceptors (Lipinski definition) is 6. The van der Waals surface area contributed by atoms with Crippen molar-refractivity contribution in [3.8, 4) is 39.9 Å². The highest BCUT2D eigenvalue weighted by molar-refractivity contribution is 5.88. The zero-order chi connectivity index (χ0) is 19.3. The van der Waals surface area contributed by atoms with Crippen molar-refractivity contribution in [2.75, 3.05) is 34.9 Å². The standard InChI is InChI=1S/C21H25NO5/c1-22-8-7-12-9-14(23)20(26-3)18-16(12)13(22)6-5-11-10-15(25-2)19(24)21(27-4)17(11)18/h9-10,13,23-24H,5-8H2,1-4H3/t13-/m0/s1. The Bertz CT molecular complexity index is 908. The summed E-state index contributed by atoms with van der Waals surface area (Å²) in [6, 6.07) is 3.89. The van der Waals surface area contributed by atoms with Crippen molar-refractivity contribution < 1.29 is 24.4 Å². The number of aryl methyl sites for hydroxylation is 1. The van der Waals surface area contributed by atoms with Gasteiger partial charge in [0, 0.05) is 23.7 Å². The molecule has 4 rings (SSSR count). The SMILES string of the molecule is COc1cc2c(c(OC)c1O)-c1c(OC)c(O)cc3c1[C@H](CC2)N(C)CC3. The summed E-state index contributed by atoms with van der Waals surface area (Å²) in [6.07, 6.45) is 2.58. The van der Waals surface area contributed by atoms with Crippen LogP contribution in [0.5, 0.6) is 28.7 Å². The second kappa shape index (κ2) is 6.53. The molecule has 0 bridgehead atoms. The van der Waals surface area contributed by atoms with Gasteiger partial charge in [-0.1, -0.05) is 0 Å². The number of methoxy groups -OCH3 is 3. The Balaban J connectivity index is 2.14. The smallest absolute Gasteiger partial charge is 0.201 e. The molecule has 0 fully saturated rings. The van der Waals surface area contributed by atoms with Gasteiger partial charge in [-0.25, -0.2) is 0 Å². The maximum absolute atomic E-state index is 10.7. The average Bonchev–Trinajstić information content (AvgIpc) is 2.83. The van der Waals surface area contributed by atoms with Crippen molar-refractivity contribution in [1.82, 2.24) is 4.90 Å². The maximum Gasteiger partial charge on any atom is 0.201 e. The van der Waals surface area contributed by atoms with E-state index in [4.69, 9.17) is 14.2 Å². The first-order valence-electron chi connectivity index (χ1n) is 9.11. The highest BCUT2D eigenvalue weighted by Gasteiger charge is 2.36. The zero-order valence-electron chi connectivity index (χ0n) is 16.1. The third-order valence-electron chi connectivity index (χ3n) is 5.85. The van der Waals surface area contributed by atoms with E-state index in [0.717, 1.165) is 53.6 Å². The Kier molecular flexibility index (Phi) is 4.30. The first-order chi connectivity index (χ1) is 13.0. The molecule has 0 saturated heterocycles. The molecule has 0 radical (unpaired) electrons. The van der Waals surface area contributed by atoms with Crippen molar-refractivity contribution in [2.45, 2.75) is 25.3 Å². The summed E-state index contributed by atoms with van der Waals surface area (Å²) in [5.41, 5.74) is 4.87. The summed E-state index contributed by atoms with van der Waals surface area (Å²) < 4.78 is 16.6. The molecule has 0 aromatic heterocycles. The van der Waals surface area contributed by atoms with Crippen LogP contribution in [0.4, 0.5) is 0 Å². The molecule has 2 aromatic rings. The monoisotopic (exact) mass is 371 g/mol. The molecule has 1 aliphatic carbocycles. The molecule has 1 atom stereocenters. The molecule has 2 aromatic carbocycles. The Morgan fingerprint density at radius 1 is 0.926 bits per heavy atom. The molecule has 27 heavy (non-hydrogen) atoms. The Morgan fingerprint density at radius 2 is 1.67 bits per heavy atom. The minimum absolute atomic E-state index is 0.0412. The van der Waals surface area contributed by atoms with Gasteiger partial charge < -0.3 is 24.4 Å². The number of phenolic OH excluding ortho intramolecular Hbond substituents is 2. The third kappa shape index (κ3) is 2.51. The van der Waals surface area contributed by atoms with Gasteiger partial charge in [0.1, 0.15) is 0 Å². The fourth-order valence-corrected chi connectivity index (χ4v) is 4.59. The van der Waals surface area contributed by atoms with Gasteiger partial charge in [0.15, 0.2) is 23.0 Å². The van der Waals surface area contributed by atoms with Crippen LogP contribution in [0.25, 0.3) is 11.1 Å². The fraction of sp³-hybridized carbons (Fsp3) is 0.429. The lowest BCUT2D eigenvalue weighted by molar-refractivity contribution is 0.220. The van der Waals surface area contributed by atoms with E-state index in [2.05, 4.69) is 11.9 Å². The van der Waals surface area contributed by atoms with Crippen LogP contribution < -0.4 is 14.2 Å². The zero-order valence-corrected chi connectivity index (χ0v) is 16.1. The van der Waals surface area contributed by atoms with E-state index in [9.17, 15) is 10.2 Å². The van der Waals surface area contributed by atoms with Crippen LogP contribution in [-0.4, -0.2) is 50.0 Å². The van der Waals surface area contributed by atoms with Gasteiger partial charge in [-0.15, -0.1) is 0 Å². The van der Waals surface area contributed by atoms with Gasteiger partial charge in [-0.05, 0) is 55.1 Å². The molecule has 6 heteroatoms. The number of ether oxygens (including phenoxy) is 3. The molecule has 0 amide bonds. The lowest BCUT2D eigenvalue weighted by atomic mass is 9.85. The summed E-state index contributed by atoms with van der Waals surface area (Å²) in [4.78, 5) is 2.35. The van der Waals surface area contributed by atoms with Crippen LogP contribution in [0.3, 0.4) is 0 Å². The summed E-state index contributed by atoms with van der Waals surface area (Å²) in [6.45, 7) is 0.935. The van der Waals surface area contributed by atoms with Gasteiger partial charge in [-0.2, -0.15) is 0 Å². The highest BCUT2D eigenvalue weighted by Crippen LogP contribution is 2.56. The lowest BCUT2D eigenvalue weighted by Gasteiger charge is -2.36. The van der Waals surface area contributed by atoms with Crippen LogP contribution in [0.15, 0.2) is 12.1 Å². The molecule has 144 valence electrons. The predicted octanol–water partition coefficient (Wildman–Crippen LogP) is 3.27. The third-order valence-corrected chi connectivity index (χ3v) is 5.85. The van der Waals surface area contributed by atoms with E-state index in [1.165, 1.54) is 14.2 Å². The molecule has 0 unspecified atom stereocenters. The second-order valence-electron chi connectivity index (χ2n) is 7.16. The number of rotatable bonds is 3.